The molecule has 4 aliphatic heterocycles. The van der Waals surface area contributed by atoms with Crippen LogP contribution in [0.5, 0.6) is 11.5 Å². The van der Waals surface area contributed by atoms with Gasteiger partial charge < -0.3 is 34.6 Å². The molecule has 0 bridgehead atoms. The van der Waals surface area contributed by atoms with Gasteiger partial charge in [-0.1, -0.05) is 6.92 Å². The largest absolute Gasteiger partial charge is 0.459 e. The first-order valence-corrected chi connectivity index (χ1v) is 12.7. The van der Waals surface area contributed by atoms with Gasteiger partial charge >= 0.3 is 5.97 Å². The average molecular weight is 506 g/mol. The van der Waals surface area contributed by atoms with E-state index in [2.05, 4.69) is 10.2 Å². The lowest BCUT2D eigenvalue weighted by molar-refractivity contribution is -0.163. The summed E-state index contributed by atoms with van der Waals surface area (Å²) in [5.74, 6) is 0.611. The van der Waals surface area contributed by atoms with Crippen molar-refractivity contribution in [1.29, 1.82) is 0 Å². The molecule has 0 fully saturated rings. The number of rotatable bonds is 5. The summed E-state index contributed by atoms with van der Waals surface area (Å²) in [6, 6.07) is 1.62. The number of fused-ring (bicyclic) bond motifs is 6. The number of aromatic nitrogens is 1. The van der Waals surface area contributed by atoms with Gasteiger partial charge in [0, 0.05) is 60.7 Å². The zero-order chi connectivity index (χ0) is 25.5. The first kappa shape index (κ1) is 22.6. The molecule has 0 saturated heterocycles. The summed E-state index contributed by atoms with van der Waals surface area (Å²) in [6.07, 6.45) is 3.31. The number of hydrogen-bond donors (Lipinski definition) is 3. The third-order valence-corrected chi connectivity index (χ3v) is 8.16. The van der Waals surface area contributed by atoms with Crippen LogP contribution in [0.25, 0.3) is 16.6 Å². The maximum absolute atomic E-state index is 12.7. The van der Waals surface area contributed by atoms with Crippen molar-refractivity contribution in [2.24, 2.45) is 0 Å². The molecule has 5 aliphatic rings. The van der Waals surface area contributed by atoms with E-state index in [1.165, 1.54) is 0 Å². The van der Waals surface area contributed by atoms with E-state index < -0.39 is 11.6 Å². The fourth-order valence-corrected chi connectivity index (χ4v) is 6.37. The van der Waals surface area contributed by atoms with Crippen LogP contribution in [-0.2, 0) is 27.3 Å². The molecule has 0 spiro atoms. The Kier molecular flexibility index (Phi) is 4.84. The SMILES string of the molecule is CC[C@@]1(O)C(=O)OCC2=C1C=C1c3nc4cc5c(c6c4c(c3CN1C2)C(NC(=O)CCCO)C6)OCO5. The number of hydrogen-bond acceptors (Lipinski definition) is 9. The fourth-order valence-electron chi connectivity index (χ4n) is 6.37. The van der Waals surface area contributed by atoms with Crippen LogP contribution in [0.15, 0.2) is 23.3 Å². The van der Waals surface area contributed by atoms with Crippen LogP contribution in [0, 0.1) is 0 Å². The maximum Gasteiger partial charge on any atom is 0.343 e. The molecule has 10 heteroatoms. The highest BCUT2D eigenvalue weighted by Crippen LogP contribution is 2.52. The van der Waals surface area contributed by atoms with Crippen molar-refractivity contribution in [1.82, 2.24) is 15.2 Å². The van der Waals surface area contributed by atoms with Gasteiger partial charge in [-0.05, 0) is 30.1 Å². The Bertz CT molecular complexity index is 1460. The van der Waals surface area contributed by atoms with Crippen molar-refractivity contribution < 1.29 is 34.0 Å². The monoisotopic (exact) mass is 505 g/mol. The molecule has 192 valence electrons. The normalized spacial score (nSPS) is 24.6. The lowest BCUT2D eigenvalue weighted by Crippen LogP contribution is -2.47. The highest BCUT2D eigenvalue weighted by Gasteiger charge is 2.47. The predicted octanol–water partition coefficient (Wildman–Crippen LogP) is 1.61. The van der Waals surface area contributed by atoms with Crippen molar-refractivity contribution in [3.05, 3.63) is 45.7 Å². The third-order valence-electron chi connectivity index (χ3n) is 8.16. The molecule has 7 rings (SSSR count). The number of pyridine rings is 1. The number of nitrogens with zero attached hydrogens (tertiary/aromatic N) is 2. The van der Waals surface area contributed by atoms with E-state index in [1.807, 2.05) is 12.1 Å². The number of esters is 1. The molecule has 1 unspecified atom stereocenters. The molecule has 3 N–H and O–H groups in total. The van der Waals surface area contributed by atoms with E-state index in [-0.39, 0.29) is 44.8 Å². The molecule has 1 aromatic carbocycles. The van der Waals surface area contributed by atoms with Crippen molar-refractivity contribution in [2.75, 3.05) is 26.6 Å². The lowest BCUT2D eigenvalue weighted by atomic mass is 9.83. The Balaban J connectivity index is 1.39. The number of benzene rings is 1. The van der Waals surface area contributed by atoms with Gasteiger partial charge in [-0.15, -0.1) is 0 Å². The highest BCUT2D eigenvalue weighted by atomic mass is 16.7. The highest BCUT2D eigenvalue weighted by molar-refractivity contribution is 5.97. The van der Waals surface area contributed by atoms with Crippen LogP contribution < -0.4 is 14.8 Å². The van der Waals surface area contributed by atoms with Crippen LogP contribution in [0.2, 0.25) is 0 Å². The first-order valence-electron chi connectivity index (χ1n) is 12.7. The van der Waals surface area contributed by atoms with E-state index in [0.717, 1.165) is 44.6 Å². The minimum Gasteiger partial charge on any atom is -0.459 e. The Morgan fingerprint density at radius 2 is 2.14 bits per heavy atom. The van der Waals surface area contributed by atoms with Gasteiger partial charge in [-0.2, -0.15) is 0 Å². The molecule has 2 aromatic rings. The first-order chi connectivity index (χ1) is 17.9. The molecule has 37 heavy (non-hydrogen) atoms. The van der Waals surface area contributed by atoms with E-state index in [9.17, 15) is 14.7 Å². The van der Waals surface area contributed by atoms with E-state index in [0.29, 0.717) is 43.0 Å². The van der Waals surface area contributed by atoms with Crippen LogP contribution in [0.1, 0.15) is 54.6 Å². The number of amides is 1. The smallest absolute Gasteiger partial charge is 0.343 e. The maximum atomic E-state index is 12.7. The van der Waals surface area contributed by atoms with Gasteiger partial charge in [0.05, 0.1) is 22.9 Å². The van der Waals surface area contributed by atoms with Crippen molar-refractivity contribution in [2.45, 2.75) is 50.8 Å². The van der Waals surface area contributed by atoms with Crippen molar-refractivity contribution in [3.63, 3.8) is 0 Å². The topological polar surface area (TPSA) is 130 Å². The Morgan fingerprint density at radius 3 is 2.95 bits per heavy atom. The summed E-state index contributed by atoms with van der Waals surface area (Å²) >= 11 is 0. The van der Waals surface area contributed by atoms with Gasteiger partial charge in [-0.25, -0.2) is 9.78 Å². The van der Waals surface area contributed by atoms with Crippen LogP contribution in [0.4, 0.5) is 0 Å². The molecule has 1 aromatic heterocycles. The van der Waals surface area contributed by atoms with Crippen molar-refractivity contribution in [3.8, 4) is 11.5 Å². The number of aliphatic hydroxyl groups is 2. The van der Waals surface area contributed by atoms with Gasteiger partial charge in [-0.3, -0.25) is 4.79 Å². The lowest BCUT2D eigenvalue weighted by Gasteiger charge is -2.37. The number of carbonyl (C=O) groups excluding carboxylic acids is 2. The summed E-state index contributed by atoms with van der Waals surface area (Å²) in [4.78, 5) is 32.5. The molecule has 0 radical (unpaired) electrons. The summed E-state index contributed by atoms with van der Waals surface area (Å²) < 4.78 is 16.8. The molecular weight excluding hydrogens is 478 g/mol. The Hall–Kier alpha value is -3.63. The second-order valence-corrected chi connectivity index (χ2v) is 10.2. The molecule has 2 atom stereocenters. The number of cyclic esters (lactones) is 1. The van der Waals surface area contributed by atoms with Crippen LogP contribution in [0.3, 0.4) is 0 Å². The number of carbonyl (C=O) groups is 2. The summed E-state index contributed by atoms with van der Waals surface area (Å²) in [7, 11) is 0. The standard InChI is InChI=1S/C27H27N3O7/c1-2-27(34)16-7-19-24-15(10-30(19)9-13(16)11-35-26(27)33)23-17(28-21(32)4-3-5-31)6-14-22(23)18(29-24)8-20-25(14)37-12-36-20/h7-8,17,31,34H,2-6,9-12H2,1H3,(H,28,32)/t17?,27-/m0/s1. The van der Waals surface area contributed by atoms with Crippen LogP contribution >= 0.6 is 0 Å². The Morgan fingerprint density at radius 1 is 1.27 bits per heavy atom. The fraction of sp³-hybridized carbons (Fsp3) is 0.444. The summed E-state index contributed by atoms with van der Waals surface area (Å²) in [5, 5.41) is 24.5. The molecule has 5 heterocycles. The van der Waals surface area contributed by atoms with Gasteiger partial charge in [0.15, 0.2) is 17.1 Å². The predicted molar refractivity (Wildman–Crippen MR) is 130 cm³/mol. The van der Waals surface area contributed by atoms with Gasteiger partial charge in [0.1, 0.15) is 6.61 Å². The minimum absolute atomic E-state index is 0.0387. The number of aliphatic hydroxyl groups excluding tert-OH is 1. The molecule has 1 aliphatic carbocycles. The zero-order valence-corrected chi connectivity index (χ0v) is 20.4. The van der Waals surface area contributed by atoms with Gasteiger partial charge in [0.2, 0.25) is 12.7 Å². The quantitative estimate of drug-likeness (QED) is 0.519. The van der Waals surface area contributed by atoms with Crippen LogP contribution in [-0.4, -0.2) is 64.1 Å². The van der Waals surface area contributed by atoms with E-state index in [4.69, 9.17) is 24.3 Å². The van der Waals surface area contributed by atoms with E-state index >= 15 is 0 Å². The molecule has 1 amide bonds. The Labute approximate surface area is 212 Å². The third kappa shape index (κ3) is 3.09. The second kappa shape index (κ2) is 7.93. The van der Waals surface area contributed by atoms with E-state index in [1.54, 1.807) is 6.92 Å². The van der Waals surface area contributed by atoms with Crippen molar-refractivity contribution >= 4 is 28.5 Å². The zero-order valence-electron chi connectivity index (χ0n) is 20.4. The molecular formula is C27H27N3O7. The summed E-state index contributed by atoms with van der Waals surface area (Å²) in [5.41, 5.74) is 5.24. The minimum atomic E-state index is -1.68. The second-order valence-electron chi connectivity index (χ2n) is 10.2. The number of ether oxygens (including phenoxy) is 3. The number of nitrogens with one attached hydrogen (secondary N) is 1. The average Bonchev–Trinajstić information content (AvgIpc) is 3.60. The molecule has 10 nitrogen and oxygen atoms in total. The van der Waals surface area contributed by atoms with Gasteiger partial charge in [0.25, 0.3) is 0 Å². The summed E-state index contributed by atoms with van der Waals surface area (Å²) in [6.45, 7) is 3.14. The molecule has 0 saturated carbocycles.